The predicted molar refractivity (Wildman–Crippen MR) is 171 cm³/mol. The van der Waals surface area contributed by atoms with E-state index in [1.807, 2.05) is 59.4 Å². The number of urea groups is 1. The number of amides is 2. The van der Waals surface area contributed by atoms with Gasteiger partial charge in [-0.25, -0.2) is 31.1 Å². The summed E-state index contributed by atoms with van der Waals surface area (Å²) in [5, 5.41) is 12.6. The Morgan fingerprint density at radius 3 is 2.36 bits per heavy atom. The number of rotatable bonds is 8. The first-order valence-electron chi connectivity index (χ1n) is 13.6. The van der Waals surface area contributed by atoms with Crippen LogP contribution < -0.4 is 11.1 Å². The Bertz CT molecular complexity index is 2270. The molecular weight excluding hydrogens is 617 g/mol. The fourth-order valence-corrected chi connectivity index (χ4v) is 7.91. The lowest BCUT2D eigenvalue weighted by Gasteiger charge is -2.18. The first kappa shape index (κ1) is 29.8. The highest BCUT2D eigenvalue weighted by atomic mass is 32.3. The Balaban J connectivity index is 1.33. The lowest BCUT2D eigenvalue weighted by molar-refractivity contribution is 0.235. The van der Waals surface area contributed by atoms with Gasteiger partial charge in [0.05, 0.1) is 30.3 Å². The van der Waals surface area contributed by atoms with Crippen molar-refractivity contribution in [3.8, 4) is 22.4 Å². The zero-order valence-corrected chi connectivity index (χ0v) is 25.8. The number of aromatic nitrogens is 5. The zero-order valence-electron chi connectivity index (χ0n) is 24.2. The van der Waals surface area contributed by atoms with Gasteiger partial charge in [0, 0.05) is 29.3 Å². The Kier molecular flexibility index (Phi) is 7.50. The molecule has 3 aromatic carbocycles. The van der Waals surface area contributed by atoms with Crippen LogP contribution in [0.15, 0.2) is 91.4 Å². The molecule has 0 aliphatic carbocycles. The third kappa shape index (κ3) is 6.07. The lowest BCUT2D eigenvalue weighted by Crippen LogP contribution is -2.46. The summed E-state index contributed by atoms with van der Waals surface area (Å²) in [6.07, 6.45) is 4.65. The average Bonchev–Trinajstić information content (AvgIpc) is 3.57. The second kappa shape index (κ2) is 11.3. The van der Waals surface area contributed by atoms with Gasteiger partial charge in [0.2, 0.25) is 20.0 Å². The maximum Gasteiger partial charge on any atom is 0.345 e. The predicted octanol–water partition coefficient (Wildman–Crippen LogP) is 3.47. The summed E-state index contributed by atoms with van der Waals surface area (Å²) >= 11 is 0. The van der Waals surface area contributed by atoms with Gasteiger partial charge in [-0.05, 0) is 34.9 Å². The highest BCUT2D eigenvalue weighted by molar-refractivity contribution is 8.04. The fraction of sp³-hybridized carbons (Fsp3) is 0.133. The molecule has 0 spiro atoms. The number of carbonyl (C=O) groups excluding carboxylic acids is 1. The van der Waals surface area contributed by atoms with Gasteiger partial charge in [-0.15, -0.1) is 3.71 Å². The summed E-state index contributed by atoms with van der Waals surface area (Å²) in [6, 6.07) is 23.8. The van der Waals surface area contributed by atoms with E-state index < -0.39 is 26.1 Å². The molecule has 15 heteroatoms. The molecule has 6 aromatic rings. The van der Waals surface area contributed by atoms with E-state index in [1.165, 1.54) is 6.33 Å². The number of nitrogens with two attached hydrogens (primary N) is 1. The zero-order chi connectivity index (χ0) is 31.9. The first-order valence-corrected chi connectivity index (χ1v) is 17.3. The van der Waals surface area contributed by atoms with Crippen molar-refractivity contribution >= 4 is 48.3 Å². The van der Waals surface area contributed by atoms with E-state index in [9.17, 15) is 21.6 Å². The van der Waals surface area contributed by atoms with Gasteiger partial charge >= 0.3 is 6.03 Å². The third-order valence-electron chi connectivity index (χ3n) is 7.07. The minimum atomic E-state index is -4.36. The number of nitrogen functional groups attached to an aromatic ring is 1. The summed E-state index contributed by atoms with van der Waals surface area (Å²) in [7, 11) is -8.72. The van der Waals surface area contributed by atoms with Crippen LogP contribution in [0.4, 0.5) is 10.6 Å². The number of nitrogens with one attached hydrogen (secondary N) is 1. The summed E-state index contributed by atoms with van der Waals surface area (Å²) in [5.74, 6) is 0.283. The molecule has 13 nitrogen and oxygen atoms in total. The molecule has 3 heterocycles. The van der Waals surface area contributed by atoms with Crippen molar-refractivity contribution in [2.45, 2.75) is 13.1 Å². The average molecular weight is 645 g/mol. The molecule has 6 rings (SSSR count). The molecule has 0 bridgehead atoms. The molecular formula is C30H28N8O5S2. The van der Waals surface area contributed by atoms with Crippen molar-refractivity contribution in [1.82, 2.24) is 33.4 Å². The van der Waals surface area contributed by atoms with Crippen molar-refractivity contribution in [1.29, 1.82) is 0 Å². The van der Waals surface area contributed by atoms with Crippen LogP contribution in [0.5, 0.6) is 0 Å². The number of anilines is 1. The van der Waals surface area contributed by atoms with Crippen molar-refractivity contribution in [2.24, 2.45) is 0 Å². The molecule has 0 saturated heterocycles. The van der Waals surface area contributed by atoms with Crippen LogP contribution in [0.2, 0.25) is 0 Å². The van der Waals surface area contributed by atoms with E-state index >= 15 is 0 Å². The Labute approximate surface area is 259 Å². The molecule has 0 radical (unpaired) electrons. The fourth-order valence-electron chi connectivity index (χ4n) is 5.21. The van der Waals surface area contributed by atoms with Crippen LogP contribution in [-0.4, -0.2) is 63.5 Å². The molecule has 45 heavy (non-hydrogen) atoms. The molecule has 0 fully saturated rings. The SMILES string of the molecule is CS(=O)(=O)N(C(=O)NCc1cccc(-c2cc(-c3ccc4cn(Cc5ccccc5)nc4c3)c3c(N)ncnn23)c1)S(C)(=O)=O. The number of carbonyl (C=O) groups is 1. The van der Waals surface area contributed by atoms with Gasteiger partial charge in [-0.2, -0.15) is 10.2 Å². The highest BCUT2D eigenvalue weighted by Gasteiger charge is 2.32. The molecule has 0 unspecified atom stereocenters. The lowest BCUT2D eigenvalue weighted by atomic mass is 10.0. The molecule has 230 valence electrons. The smallest absolute Gasteiger partial charge is 0.345 e. The van der Waals surface area contributed by atoms with Crippen LogP contribution in [0.3, 0.4) is 0 Å². The van der Waals surface area contributed by atoms with Crippen molar-refractivity contribution < 1.29 is 21.6 Å². The number of benzene rings is 3. The number of fused-ring (bicyclic) bond motifs is 2. The van der Waals surface area contributed by atoms with Crippen LogP contribution in [0.1, 0.15) is 11.1 Å². The number of hydrogen-bond donors (Lipinski definition) is 2. The van der Waals surface area contributed by atoms with E-state index in [1.54, 1.807) is 22.7 Å². The molecule has 0 atom stereocenters. The maximum atomic E-state index is 12.5. The van der Waals surface area contributed by atoms with Crippen molar-refractivity contribution in [3.63, 3.8) is 0 Å². The van der Waals surface area contributed by atoms with Crippen molar-refractivity contribution in [3.05, 3.63) is 103 Å². The van der Waals surface area contributed by atoms with E-state index in [4.69, 9.17) is 10.8 Å². The normalized spacial score (nSPS) is 12.0. The van der Waals surface area contributed by atoms with Gasteiger partial charge in [0.15, 0.2) is 5.82 Å². The number of hydrogen-bond acceptors (Lipinski definition) is 9. The standard InChI is InChI=1S/C30H28N8O5S2/c1-44(40,41)38(45(2,42)43)30(39)32-16-21-9-6-10-23(13-21)27-15-25(28-29(31)33-19-34-37(27)28)22-11-12-24-18-36(35-26(24)14-22)17-20-7-4-3-5-8-20/h3-15,18-19H,16-17H2,1-2H3,(H,32,39)(H2,31,33,34). The minimum Gasteiger partial charge on any atom is -0.382 e. The summed E-state index contributed by atoms with van der Waals surface area (Å²) < 4.78 is 51.2. The quantitative estimate of drug-likeness (QED) is 0.251. The van der Waals surface area contributed by atoms with Gasteiger partial charge in [-0.3, -0.25) is 4.68 Å². The van der Waals surface area contributed by atoms with Crippen LogP contribution in [-0.2, 0) is 33.1 Å². The van der Waals surface area contributed by atoms with E-state index in [-0.39, 0.29) is 16.1 Å². The van der Waals surface area contributed by atoms with E-state index in [0.29, 0.717) is 35.8 Å². The van der Waals surface area contributed by atoms with Gasteiger partial charge in [0.25, 0.3) is 0 Å². The molecule has 0 saturated carbocycles. The topological polar surface area (TPSA) is 175 Å². The second-order valence-corrected chi connectivity index (χ2v) is 14.4. The highest BCUT2D eigenvalue weighted by Crippen LogP contribution is 2.36. The van der Waals surface area contributed by atoms with Crippen molar-refractivity contribution in [2.75, 3.05) is 18.2 Å². The Morgan fingerprint density at radius 1 is 0.889 bits per heavy atom. The van der Waals surface area contributed by atoms with Crippen LogP contribution in [0.25, 0.3) is 38.8 Å². The third-order valence-corrected chi connectivity index (χ3v) is 10.2. The molecule has 2 amide bonds. The summed E-state index contributed by atoms with van der Waals surface area (Å²) in [6.45, 7) is 0.506. The van der Waals surface area contributed by atoms with E-state index in [2.05, 4.69) is 27.5 Å². The molecule has 0 aliphatic rings. The van der Waals surface area contributed by atoms with Crippen LogP contribution in [0, 0.1) is 0 Å². The van der Waals surface area contributed by atoms with Crippen LogP contribution >= 0.6 is 0 Å². The van der Waals surface area contributed by atoms with Gasteiger partial charge in [0.1, 0.15) is 11.8 Å². The molecule has 0 aliphatic heterocycles. The maximum absolute atomic E-state index is 12.5. The second-order valence-electron chi connectivity index (χ2n) is 10.5. The molecule has 3 aromatic heterocycles. The van der Waals surface area contributed by atoms with Gasteiger partial charge < -0.3 is 11.1 Å². The van der Waals surface area contributed by atoms with Gasteiger partial charge in [-0.1, -0.05) is 60.7 Å². The summed E-state index contributed by atoms with van der Waals surface area (Å²) in [5.41, 5.74) is 12.6. The minimum absolute atomic E-state index is 0.135. The summed E-state index contributed by atoms with van der Waals surface area (Å²) in [4.78, 5) is 16.8. The Morgan fingerprint density at radius 2 is 1.62 bits per heavy atom. The van der Waals surface area contributed by atoms with E-state index in [0.717, 1.165) is 33.2 Å². The number of sulfonamides is 2. The number of nitrogens with zero attached hydrogens (tertiary/aromatic N) is 6. The largest absolute Gasteiger partial charge is 0.382 e. The Hall–Kier alpha value is -5.28. The molecule has 3 N–H and O–H groups in total. The monoisotopic (exact) mass is 644 g/mol. The first-order chi connectivity index (χ1) is 21.4.